The number of rotatable bonds is 11. The fourth-order valence-electron chi connectivity index (χ4n) is 4.83. The highest BCUT2D eigenvalue weighted by Gasteiger charge is 2.21. The minimum Gasteiger partial charge on any atom is -0.497 e. The van der Waals surface area contributed by atoms with Gasteiger partial charge in [0.2, 0.25) is 0 Å². The van der Waals surface area contributed by atoms with Gasteiger partial charge in [-0.15, -0.1) is 0 Å². The van der Waals surface area contributed by atoms with E-state index < -0.39 is 0 Å². The minimum absolute atomic E-state index is 0.0233. The van der Waals surface area contributed by atoms with Crippen molar-refractivity contribution in [1.29, 1.82) is 0 Å². The molecule has 0 aromatic heterocycles. The largest absolute Gasteiger partial charge is 0.497 e. The molecule has 0 aliphatic carbocycles. The first-order chi connectivity index (χ1) is 17.5. The lowest BCUT2D eigenvalue weighted by Gasteiger charge is -2.32. The highest BCUT2D eigenvalue weighted by atomic mass is 16.5. The van der Waals surface area contributed by atoms with E-state index in [1.807, 2.05) is 18.2 Å². The molecule has 1 heterocycles. The van der Waals surface area contributed by atoms with Crippen LogP contribution in [0.2, 0.25) is 0 Å². The summed E-state index contributed by atoms with van der Waals surface area (Å²) in [6.45, 7) is 5.96. The molecule has 0 spiro atoms. The van der Waals surface area contributed by atoms with Gasteiger partial charge in [0.1, 0.15) is 5.75 Å². The third-order valence-corrected chi connectivity index (χ3v) is 6.92. The third-order valence-electron chi connectivity index (χ3n) is 6.92. The number of benzene rings is 3. The van der Waals surface area contributed by atoms with E-state index in [2.05, 4.69) is 70.9 Å². The van der Waals surface area contributed by atoms with Crippen LogP contribution in [-0.2, 0) is 13.1 Å². The predicted molar refractivity (Wildman–Crippen MR) is 148 cm³/mol. The van der Waals surface area contributed by atoms with Gasteiger partial charge in [-0.05, 0) is 98.7 Å². The number of hydrogen-bond donors (Lipinski definition) is 2. The number of carbonyl (C=O) groups is 1. The molecule has 1 amide bonds. The van der Waals surface area contributed by atoms with Crippen molar-refractivity contribution in [3.8, 4) is 5.75 Å². The lowest BCUT2D eigenvalue weighted by atomic mass is 10.0. The Morgan fingerprint density at radius 2 is 1.75 bits per heavy atom. The van der Waals surface area contributed by atoms with E-state index in [1.54, 1.807) is 13.2 Å². The van der Waals surface area contributed by atoms with Crippen molar-refractivity contribution < 1.29 is 9.53 Å². The molecule has 0 saturated carbocycles. The van der Waals surface area contributed by atoms with Crippen LogP contribution in [0.3, 0.4) is 0 Å². The summed E-state index contributed by atoms with van der Waals surface area (Å²) in [5.74, 6) is 0.682. The van der Waals surface area contributed by atoms with Gasteiger partial charge < -0.3 is 20.3 Å². The number of nitrogens with zero attached hydrogens (tertiary/aromatic N) is 2. The molecule has 4 rings (SSSR count). The monoisotopic (exact) mass is 488 g/mol. The number of likely N-dealkylation sites (tertiary alicyclic amines) is 1. The summed E-state index contributed by atoms with van der Waals surface area (Å²) in [5.41, 5.74) is 3.32. The number of fused-ring (bicyclic) bond motifs is 1. The molecule has 3 aromatic carbocycles. The van der Waals surface area contributed by atoms with Gasteiger partial charge in [0, 0.05) is 37.8 Å². The Balaban J connectivity index is 1.26. The van der Waals surface area contributed by atoms with Crippen LogP contribution in [-0.4, -0.2) is 69.1 Å². The maximum Gasteiger partial charge on any atom is 0.251 e. The van der Waals surface area contributed by atoms with E-state index in [4.69, 9.17) is 4.74 Å². The van der Waals surface area contributed by atoms with Gasteiger partial charge >= 0.3 is 0 Å². The highest BCUT2D eigenvalue weighted by molar-refractivity contribution is 5.94. The Bertz CT molecular complexity index is 1140. The summed E-state index contributed by atoms with van der Waals surface area (Å²) >= 11 is 0. The molecule has 1 saturated heterocycles. The lowest BCUT2D eigenvalue weighted by Crippen LogP contribution is -2.44. The first kappa shape index (κ1) is 26.1. The van der Waals surface area contributed by atoms with Crippen LogP contribution >= 0.6 is 0 Å². The second-order valence-corrected chi connectivity index (χ2v) is 10.1. The second kappa shape index (κ2) is 12.9. The van der Waals surface area contributed by atoms with E-state index >= 15 is 0 Å². The molecule has 6 nitrogen and oxygen atoms in total. The van der Waals surface area contributed by atoms with Crippen LogP contribution < -0.4 is 15.4 Å². The summed E-state index contributed by atoms with van der Waals surface area (Å²) in [6.07, 6.45) is 3.09. The summed E-state index contributed by atoms with van der Waals surface area (Å²) in [5, 5.41) is 9.36. The molecule has 3 aromatic rings. The number of nitrogens with one attached hydrogen (secondary N) is 2. The zero-order chi connectivity index (χ0) is 25.3. The number of methoxy groups -OCH3 is 1. The fraction of sp³-hybridized carbons (Fsp3) is 0.433. The van der Waals surface area contributed by atoms with Gasteiger partial charge in [0.05, 0.1) is 7.11 Å². The lowest BCUT2D eigenvalue weighted by molar-refractivity contribution is 0.0908. The smallest absolute Gasteiger partial charge is 0.251 e. The first-order valence-corrected chi connectivity index (χ1v) is 13.0. The van der Waals surface area contributed by atoms with E-state index in [9.17, 15) is 4.79 Å². The summed E-state index contributed by atoms with van der Waals surface area (Å²) < 4.78 is 5.24. The Hall–Kier alpha value is -2.93. The predicted octanol–water partition coefficient (Wildman–Crippen LogP) is 4.28. The zero-order valence-electron chi connectivity index (χ0n) is 21.9. The van der Waals surface area contributed by atoms with Gasteiger partial charge in [0.15, 0.2) is 0 Å². The molecule has 0 radical (unpaired) electrons. The molecule has 36 heavy (non-hydrogen) atoms. The normalized spacial score (nSPS) is 14.9. The molecule has 192 valence electrons. The number of amides is 1. The van der Waals surface area contributed by atoms with E-state index in [-0.39, 0.29) is 11.9 Å². The van der Waals surface area contributed by atoms with Gasteiger partial charge in [-0.3, -0.25) is 9.69 Å². The number of hydrogen-bond acceptors (Lipinski definition) is 5. The Morgan fingerprint density at radius 1 is 1.00 bits per heavy atom. The summed E-state index contributed by atoms with van der Waals surface area (Å²) in [7, 11) is 5.85. The van der Waals surface area contributed by atoms with Crippen molar-refractivity contribution in [2.75, 3.05) is 47.4 Å². The molecule has 6 heteroatoms. The maximum atomic E-state index is 12.6. The Kier molecular flexibility index (Phi) is 9.34. The van der Waals surface area contributed by atoms with Gasteiger partial charge in [-0.25, -0.2) is 0 Å². The van der Waals surface area contributed by atoms with Crippen molar-refractivity contribution in [3.63, 3.8) is 0 Å². The highest BCUT2D eigenvalue weighted by Crippen LogP contribution is 2.21. The van der Waals surface area contributed by atoms with Crippen LogP contribution in [0, 0.1) is 0 Å². The molecule has 0 unspecified atom stereocenters. The third kappa shape index (κ3) is 7.53. The Labute approximate surface area is 215 Å². The summed E-state index contributed by atoms with van der Waals surface area (Å²) in [6, 6.07) is 21.1. The molecular formula is C30H40N4O2. The second-order valence-electron chi connectivity index (χ2n) is 10.1. The van der Waals surface area contributed by atoms with Crippen LogP contribution in [0.1, 0.15) is 40.7 Å². The minimum atomic E-state index is -0.0233. The number of piperidine rings is 1. The van der Waals surface area contributed by atoms with Crippen molar-refractivity contribution in [3.05, 3.63) is 77.4 Å². The quantitative estimate of drug-likeness (QED) is 0.395. The average molecular weight is 489 g/mol. The van der Waals surface area contributed by atoms with Crippen molar-refractivity contribution in [2.45, 2.75) is 38.4 Å². The van der Waals surface area contributed by atoms with E-state index in [0.717, 1.165) is 58.5 Å². The van der Waals surface area contributed by atoms with Crippen LogP contribution in [0.15, 0.2) is 60.7 Å². The van der Waals surface area contributed by atoms with E-state index in [1.165, 1.54) is 21.9 Å². The van der Waals surface area contributed by atoms with Crippen LogP contribution in [0.5, 0.6) is 5.75 Å². The standard InChI is InChI=1S/C30H40N4O2/c1-33(2)15-5-14-31-21-23-8-10-25-11-9-24(19-27(25)18-23)22-34-16-12-28(13-17-34)32-30(35)26-6-4-7-29(20-26)36-3/h4,6-11,18-20,28,31H,5,12-17,21-22H2,1-3H3,(H,32,35). The summed E-state index contributed by atoms with van der Waals surface area (Å²) in [4.78, 5) is 17.4. The molecule has 1 fully saturated rings. The van der Waals surface area contributed by atoms with Gasteiger partial charge in [0.25, 0.3) is 5.91 Å². The number of carbonyl (C=O) groups excluding carboxylic acids is 1. The zero-order valence-corrected chi connectivity index (χ0v) is 21.9. The van der Waals surface area contributed by atoms with Gasteiger partial charge in [-0.1, -0.05) is 30.3 Å². The maximum absolute atomic E-state index is 12.6. The Morgan fingerprint density at radius 3 is 2.50 bits per heavy atom. The molecular weight excluding hydrogens is 448 g/mol. The average Bonchev–Trinajstić information content (AvgIpc) is 2.89. The molecule has 0 bridgehead atoms. The molecule has 2 N–H and O–H groups in total. The van der Waals surface area contributed by atoms with Crippen LogP contribution in [0.25, 0.3) is 10.8 Å². The first-order valence-electron chi connectivity index (χ1n) is 13.0. The van der Waals surface area contributed by atoms with E-state index in [0.29, 0.717) is 11.3 Å². The van der Waals surface area contributed by atoms with Gasteiger partial charge in [-0.2, -0.15) is 0 Å². The molecule has 1 aliphatic rings. The van der Waals surface area contributed by atoms with Crippen LogP contribution in [0.4, 0.5) is 0 Å². The number of ether oxygens (including phenoxy) is 1. The topological polar surface area (TPSA) is 56.8 Å². The molecule has 0 atom stereocenters. The van der Waals surface area contributed by atoms with Crippen molar-refractivity contribution in [1.82, 2.24) is 20.4 Å². The van der Waals surface area contributed by atoms with Crippen molar-refractivity contribution in [2.24, 2.45) is 0 Å². The SMILES string of the molecule is COc1cccc(C(=O)NC2CCN(Cc3ccc4ccc(CNCCCN(C)C)cc4c3)CC2)c1. The van der Waals surface area contributed by atoms with Crippen molar-refractivity contribution >= 4 is 16.7 Å². The molecule has 1 aliphatic heterocycles. The fourth-order valence-corrected chi connectivity index (χ4v) is 4.83.